The van der Waals surface area contributed by atoms with Crippen LogP contribution in [-0.2, 0) is 5.66 Å². The van der Waals surface area contributed by atoms with Crippen LogP contribution in [0.3, 0.4) is 0 Å². The SMILES string of the molecule is Cc1cc(Nc2cc(N)ncn2)c(=O)n2c1C(=O)NC21CC2CCC(C1)N2. The zero-order chi connectivity index (χ0) is 18.8. The fourth-order valence-corrected chi connectivity index (χ4v) is 4.84. The summed E-state index contributed by atoms with van der Waals surface area (Å²) >= 11 is 0. The molecule has 27 heavy (non-hydrogen) atoms. The van der Waals surface area contributed by atoms with Crippen LogP contribution in [0.4, 0.5) is 17.3 Å². The van der Waals surface area contributed by atoms with Crippen molar-refractivity contribution in [2.24, 2.45) is 0 Å². The first-order valence-electron chi connectivity index (χ1n) is 9.15. The number of rotatable bonds is 2. The van der Waals surface area contributed by atoms with Crippen molar-refractivity contribution < 1.29 is 4.79 Å². The van der Waals surface area contributed by atoms with Crippen LogP contribution in [0.2, 0.25) is 0 Å². The lowest BCUT2D eigenvalue weighted by Crippen LogP contribution is -2.57. The Morgan fingerprint density at radius 3 is 2.67 bits per heavy atom. The van der Waals surface area contributed by atoms with Crippen LogP contribution in [0.15, 0.2) is 23.3 Å². The van der Waals surface area contributed by atoms with E-state index < -0.39 is 5.66 Å². The highest BCUT2D eigenvalue weighted by Gasteiger charge is 2.51. The van der Waals surface area contributed by atoms with Crippen LogP contribution in [-0.4, -0.2) is 32.5 Å². The molecule has 9 nitrogen and oxygen atoms in total. The molecule has 140 valence electrons. The average Bonchev–Trinajstić information content (AvgIpc) is 3.09. The molecule has 2 aromatic heterocycles. The number of carbonyl (C=O) groups excluding carboxylic acids is 1. The number of nitrogen functional groups attached to an aromatic ring is 1. The lowest BCUT2D eigenvalue weighted by atomic mass is 9.92. The Bertz CT molecular complexity index is 1000. The number of aromatic nitrogens is 3. The number of carbonyl (C=O) groups is 1. The van der Waals surface area contributed by atoms with E-state index in [1.54, 1.807) is 16.7 Å². The molecule has 5 rings (SSSR count). The zero-order valence-corrected chi connectivity index (χ0v) is 15.0. The topological polar surface area (TPSA) is 127 Å². The molecule has 2 aromatic rings. The van der Waals surface area contributed by atoms with E-state index in [0.717, 1.165) is 18.4 Å². The number of pyridine rings is 1. The largest absolute Gasteiger partial charge is 0.384 e. The highest BCUT2D eigenvalue weighted by molar-refractivity contribution is 5.97. The van der Waals surface area contributed by atoms with Gasteiger partial charge in [-0.15, -0.1) is 0 Å². The summed E-state index contributed by atoms with van der Waals surface area (Å²) in [6.07, 6.45) is 4.91. The molecule has 5 N–H and O–H groups in total. The first kappa shape index (κ1) is 16.2. The lowest BCUT2D eigenvalue weighted by molar-refractivity contribution is 0.0851. The number of piperidine rings is 1. The van der Waals surface area contributed by atoms with Gasteiger partial charge in [-0.25, -0.2) is 9.97 Å². The van der Waals surface area contributed by atoms with Crippen molar-refractivity contribution in [2.45, 2.75) is 50.4 Å². The van der Waals surface area contributed by atoms with Crippen molar-refractivity contribution in [2.75, 3.05) is 11.1 Å². The van der Waals surface area contributed by atoms with Gasteiger partial charge in [0.2, 0.25) is 0 Å². The third-order valence-electron chi connectivity index (χ3n) is 5.83. The first-order chi connectivity index (χ1) is 12.9. The number of nitrogens with one attached hydrogen (secondary N) is 3. The van der Waals surface area contributed by atoms with E-state index in [1.165, 1.54) is 6.33 Å². The summed E-state index contributed by atoms with van der Waals surface area (Å²) in [4.78, 5) is 34.1. The number of fused-ring (bicyclic) bond motifs is 4. The Labute approximate surface area is 155 Å². The molecule has 0 aromatic carbocycles. The highest BCUT2D eigenvalue weighted by atomic mass is 16.2. The van der Waals surface area contributed by atoms with Crippen molar-refractivity contribution >= 4 is 23.2 Å². The van der Waals surface area contributed by atoms with Gasteiger partial charge in [-0.1, -0.05) is 0 Å². The number of amides is 1. The Balaban J connectivity index is 1.63. The minimum Gasteiger partial charge on any atom is -0.384 e. The maximum absolute atomic E-state index is 13.4. The summed E-state index contributed by atoms with van der Waals surface area (Å²) in [6, 6.07) is 3.90. The molecule has 0 saturated carbocycles. The van der Waals surface area contributed by atoms with Crippen LogP contribution in [0.5, 0.6) is 0 Å². The Morgan fingerprint density at radius 2 is 1.96 bits per heavy atom. The summed E-state index contributed by atoms with van der Waals surface area (Å²) < 4.78 is 1.67. The Hall–Kier alpha value is -2.94. The summed E-state index contributed by atoms with van der Waals surface area (Å²) in [5, 5.41) is 9.74. The van der Waals surface area contributed by atoms with Crippen molar-refractivity contribution in [1.82, 2.24) is 25.2 Å². The van der Waals surface area contributed by atoms with Crippen LogP contribution < -0.4 is 27.2 Å². The van der Waals surface area contributed by atoms with E-state index in [-0.39, 0.29) is 11.5 Å². The second-order valence-corrected chi connectivity index (χ2v) is 7.72. The number of aryl methyl sites for hydroxylation is 1. The van der Waals surface area contributed by atoms with E-state index >= 15 is 0 Å². The van der Waals surface area contributed by atoms with Gasteiger partial charge in [-0.2, -0.15) is 0 Å². The number of hydrogen-bond acceptors (Lipinski definition) is 7. The minimum atomic E-state index is -0.659. The summed E-state index contributed by atoms with van der Waals surface area (Å²) in [5.41, 5.74) is 6.39. The normalized spacial score (nSPS) is 28.3. The van der Waals surface area contributed by atoms with Gasteiger partial charge in [0.1, 0.15) is 35.0 Å². The second-order valence-electron chi connectivity index (χ2n) is 7.72. The van der Waals surface area contributed by atoms with E-state index in [9.17, 15) is 9.59 Å². The molecule has 3 aliphatic heterocycles. The van der Waals surface area contributed by atoms with Crippen molar-refractivity contribution in [3.8, 4) is 0 Å². The molecule has 2 unspecified atom stereocenters. The van der Waals surface area contributed by atoms with Crippen LogP contribution >= 0.6 is 0 Å². The third-order valence-corrected chi connectivity index (χ3v) is 5.83. The van der Waals surface area contributed by atoms with Crippen molar-refractivity contribution in [1.29, 1.82) is 0 Å². The molecule has 1 spiro atoms. The van der Waals surface area contributed by atoms with Gasteiger partial charge in [0.25, 0.3) is 11.5 Å². The summed E-state index contributed by atoms with van der Waals surface area (Å²) in [7, 11) is 0. The minimum absolute atomic E-state index is 0.177. The van der Waals surface area contributed by atoms with Crippen LogP contribution in [0.25, 0.3) is 0 Å². The highest BCUT2D eigenvalue weighted by Crippen LogP contribution is 2.40. The van der Waals surface area contributed by atoms with Gasteiger partial charge in [0.15, 0.2) is 0 Å². The zero-order valence-electron chi connectivity index (χ0n) is 15.0. The smallest absolute Gasteiger partial charge is 0.276 e. The Morgan fingerprint density at radius 1 is 1.22 bits per heavy atom. The monoisotopic (exact) mass is 367 g/mol. The van der Waals surface area contributed by atoms with Crippen LogP contribution in [0.1, 0.15) is 41.7 Å². The predicted octanol–water partition coefficient (Wildman–Crippen LogP) is 0.583. The van der Waals surface area contributed by atoms with Gasteiger partial charge >= 0.3 is 0 Å². The van der Waals surface area contributed by atoms with Crippen molar-refractivity contribution in [3.63, 3.8) is 0 Å². The maximum Gasteiger partial charge on any atom is 0.276 e. The molecule has 2 saturated heterocycles. The number of nitrogens with two attached hydrogens (primary N) is 1. The first-order valence-corrected chi connectivity index (χ1v) is 9.15. The molecule has 9 heteroatoms. The molecule has 1 amide bonds. The summed E-state index contributed by atoms with van der Waals surface area (Å²) in [5.74, 6) is 0.578. The van der Waals surface area contributed by atoms with Gasteiger partial charge in [0.05, 0.1) is 0 Å². The van der Waals surface area contributed by atoms with E-state index in [2.05, 4.69) is 25.9 Å². The number of nitrogens with zero attached hydrogens (tertiary/aromatic N) is 3. The van der Waals surface area contributed by atoms with E-state index in [4.69, 9.17) is 5.73 Å². The number of anilines is 3. The van der Waals surface area contributed by atoms with Gasteiger partial charge in [-0.05, 0) is 31.4 Å². The molecular weight excluding hydrogens is 346 g/mol. The molecule has 3 aliphatic rings. The molecule has 2 fully saturated rings. The van der Waals surface area contributed by atoms with E-state index in [0.29, 0.717) is 47.9 Å². The third kappa shape index (κ3) is 2.42. The lowest BCUT2D eigenvalue weighted by Gasteiger charge is -2.39. The van der Waals surface area contributed by atoms with Gasteiger partial charge in [-0.3, -0.25) is 14.2 Å². The van der Waals surface area contributed by atoms with E-state index in [1.807, 2.05) is 6.92 Å². The predicted molar refractivity (Wildman–Crippen MR) is 99.8 cm³/mol. The fourth-order valence-electron chi connectivity index (χ4n) is 4.84. The van der Waals surface area contributed by atoms with Crippen molar-refractivity contribution in [3.05, 3.63) is 40.1 Å². The fraction of sp³-hybridized carbons (Fsp3) is 0.444. The van der Waals surface area contributed by atoms with Gasteiger partial charge < -0.3 is 21.7 Å². The quantitative estimate of drug-likeness (QED) is 0.611. The average molecular weight is 367 g/mol. The molecule has 2 atom stereocenters. The van der Waals surface area contributed by atoms with Gasteiger partial charge in [0, 0.05) is 31.0 Å². The second kappa shape index (κ2) is 5.53. The molecular formula is C18H21N7O2. The molecule has 0 aliphatic carbocycles. The Kier molecular flexibility index (Phi) is 3.33. The molecule has 0 radical (unpaired) electrons. The molecule has 2 bridgehead atoms. The van der Waals surface area contributed by atoms with Crippen LogP contribution in [0, 0.1) is 6.92 Å². The summed E-state index contributed by atoms with van der Waals surface area (Å²) in [6.45, 7) is 1.85. The standard InChI is InChI=1S/C18H21N7O2/c1-9-4-12(23-14-5-13(19)20-8-21-14)17(27)25-15(9)16(26)24-18(25)6-10-2-3-11(7-18)22-10/h4-5,8,10-11,22H,2-3,6-7H2,1H3,(H,24,26)(H3,19,20,21,23). The molecule has 5 heterocycles. The number of hydrogen-bond donors (Lipinski definition) is 4. The maximum atomic E-state index is 13.4.